The number of nitrogens with two attached hydrogens (primary N) is 1. The zero-order valence-electron chi connectivity index (χ0n) is 11.3. The molecule has 0 atom stereocenters. The first kappa shape index (κ1) is 14.1. The summed E-state index contributed by atoms with van der Waals surface area (Å²) < 4.78 is 6.17. The van der Waals surface area contributed by atoms with E-state index in [1.807, 2.05) is 47.8 Å². The number of thiazole rings is 1. The number of nitrogens with zero attached hydrogens (tertiary/aromatic N) is 1. The minimum atomic E-state index is 0.745. The summed E-state index contributed by atoms with van der Waals surface area (Å²) in [6, 6.07) is 13.7. The normalized spacial score (nSPS) is 10.6. The molecule has 0 fully saturated rings. The molecule has 5 heteroatoms. The van der Waals surface area contributed by atoms with Gasteiger partial charge in [0.15, 0.2) is 0 Å². The van der Waals surface area contributed by atoms with E-state index in [0.29, 0.717) is 0 Å². The van der Waals surface area contributed by atoms with Gasteiger partial charge in [-0.05, 0) is 46.3 Å². The molecule has 2 N–H and O–H groups in total. The molecule has 0 aliphatic heterocycles. The molecule has 0 unspecified atom stereocenters. The first-order valence-corrected chi connectivity index (χ1v) is 8.00. The van der Waals surface area contributed by atoms with Crippen molar-refractivity contribution in [1.29, 1.82) is 0 Å². The lowest BCUT2D eigenvalue weighted by molar-refractivity contribution is 0.412. The second-order valence-electron chi connectivity index (χ2n) is 4.51. The van der Waals surface area contributed by atoms with E-state index in [-0.39, 0.29) is 0 Å². The van der Waals surface area contributed by atoms with Crippen molar-refractivity contribution in [2.45, 2.75) is 0 Å². The average Bonchev–Trinajstić information content (AvgIpc) is 2.97. The number of rotatable bonds is 3. The van der Waals surface area contributed by atoms with Crippen molar-refractivity contribution in [3.05, 3.63) is 52.3 Å². The average molecular weight is 361 g/mol. The predicted molar refractivity (Wildman–Crippen MR) is 91.7 cm³/mol. The maximum Gasteiger partial charge on any atom is 0.133 e. The van der Waals surface area contributed by atoms with Gasteiger partial charge in [-0.2, -0.15) is 0 Å². The lowest BCUT2D eigenvalue weighted by Crippen LogP contribution is -1.86. The van der Waals surface area contributed by atoms with Crippen LogP contribution in [0, 0.1) is 0 Å². The van der Waals surface area contributed by atoms with Crippen LogP contribution in [0.2, 0.25) is 0 Å². The Bertz CT molecular complexity index is 785. The molecular weight excluding hydrogens is 348 g/mol. The smallest absolute Gasteiger partial charge is 0.133 e. The molecule has 0 radical (unpaired) electrons. The minimum Gasteiger partial charge on any atom is -0.496 e. The Hall–Kier alpha value is -1.85. The van der Waals surface area contributed by atoms with Crippen LogP contribution in [0.4, 0.5) is 5.69 Å². The van der Waals surface area contributed by atoms with Crippen LogP contribution in [0.25, 0.3) is 21.8 Å². The maximum atomic E-state index is 5.82. The van der Waals surface area contributed by atoms with Crippen molar-refractivity contribution in [3.63, 3.8) is 0 Å². The molecule has 0 saturated carbocycles. The van der Waals surface area contributed by atoms with E-state index in [2.05, 4.69) is 20.9 Å². The topological polar surface area (TPSA) is 48.1 Å². The first-order chi connectivity index (χ1) is 10.2. The van der Waals surface area contributed by atoms with Crippen LogP contribution in [0.15, 0.2) is 52.3 Å². The summed E-state index contributed by atoms with van der Waals surface area (Å²) in [5, 5.41) is 3.01. The van der Waals surface area contributed by atoms with E-state index in [4.69, 9.17) is 10.5 Å². The molecule has 0 aliphatic rings. The Morgan fingerprint density at radius 3 is 2.71 bits per heavy atom. The number of halogens is 1. The largest absolute Gasteiger partial charge is 0.496 e. The van der Waals surface area contributed by atoms with Crippen molar-refractivity contribution in [3.8, 4) is 27.6 Å². The van der Waals surface area contributed by atoms with Gasteiger partial charge in [-0.25, -0.2) is 4.98 Å². The van der Waals surface area contributed by atoms with Crippen LogP contribution in [0.5, 0.6) is 5.75 Å². The van der Waals surface area contributed by atoms with Gasteiger partial charge in [-0.1, -0.05) is 12.1 Å². The Morgan fingerprint density at radius 2 is 2.00 bits per heavy atom. The van der Waals surface area contributed by atoms with Crippen molar-refractivity contribution < 1.29 is 4.74 Å². The monoisotopic (exact) mass is 360 g/mol. The fourth-order valence-corrected chi connectivity index (χ4v) is 3.40. The number of ether oxygens (including phenoxy) is 1. The lowest BCUT2D eigenvalue weighted by Gasteiger charge is -2.04. The summed E-state index contributed by atoms with van der Waals surface area (Å²) >= 11 is 5.11. The van der Waals surface area contributed by atoms with Gasteiger partial charge in [0.2, 0.25) is 0 Å². The summed E-state index contributed by atoms with van der Waals surface area (Å²) in [6.45, 7) is 0. The van der Waals surface area contributed by atoms with Crippen LogP contribution in [-0.4, -0.2) is 12.1 Å². The number of methoxy groups -OCH3 is 1. The summed E-state index contributed by atoms with van der Waals surface area (Å²) in [5.74, 6) is 0.811. The molecule has 106 valence electrons. The maximum absolute atomic E-state index is 5.82. The third kappa shape index (κ3) is 2.94. The Balaban J connectivity index is 1.96. The van der Waals surface area contributed by atoms with Gasteiger partial charge >= 0.3 is 0 Å². The summed E-state index contributed by atoms with van der Waals surface area (Å²) in [4.78, 5) is 4.69. The summed E-state index contributed by atoms with van der Waals surface area (Å²) in [7, 11) is 1.65. The SMILES string of the molecule is COc1ccc(-c2nc(-c3cccc(N)c3)cs2)cc1Br. The highest BCUT2D eigenvalue weighted by atomic mass is 79.9. The van der Waals surface area contributed by atoms with E-state index in [0.717, 1.165) is 37.7 Å². The van der Waals surface area contributed by atoms with Crippen LogP contribution in [0.3, 0.4) is 0 Å². The van der Waals surface area contributed by atoms with Crippen LogP contribution >= 0.6 is 27.3 Å². The Morgan fingerprint density at radius 1 is 1.14 bits per heavy atom. The molecule has 0 spiro atoms. The predicted octanol–water partition coefficient (Wildman–Crippen LogP) is 4.83. The van der Waals surface area contributed by atoms with E-state index in [1.54, 1.807) is 18.4 Å². The van der Waals surface area contributed by atoms with Gasteiger partial charge in [0.25, 0.3) is 0 Å². The van der Waals surface area contributed by atoms with Gasteiger partial charge in [-0.15, -0.1) is 11.3 Å². The molecule has 3 rings (SSSR count). The highest BCUT2D eigenvalue weighted by molar-refractivity contribution is 9.10. The van der Waals surface area contributed by atoms with Gasteiger partial charge < -0.3 is 10.5 Å². The number of anilines is 1. The minimum absolute atomic E-state index is 0.745. The second-order valence-corrected chi connectivity index (χ2v) is 6.23. The second kappa shape index (κ2) is 5.87. The molecule has 3 nitrogen and oxygen atoms in total. The van der Waals surface area contributed by atoms with Crippen LogP contribution in [-0.2, 0) is 0 Å². The number of benzene rings is 2. The van der Waals surface area contributed by atoms with Gasteiger partial charge in [0.05, 0.1) is 17.3 Å². The van der Waals surface area contributed by atoms with Crippen molar-refractivity contribution in [1.82, 2.24) is 4.98 Å². The fourth-order valence-electron chi connectivity index (χ4n) is 2.04. The third-order valence-electron chi connectivity index (χ3n) is 3.09. The molecule has 1 aromatic heterocycles. The number of aromatic nitrogens is 1. The van der Waals surface area contributed by atoms with Gasteiger partial charge in [0.1, 0.15) is 10.8 Å². The molecule has 3 aromatic rings. The lowest BCUT2D eigenvalue weighted by atomic mass is 10.1. The third-order valence-corrected chi connectivity index (χ3v) is 4.60. The Kier molecular flexibility index (Phi) is 3.94. The molecule has 0 aliphatic carbocycles. The van der Waals surface area contributed by atoms with Crippen molar-refractivity contribution >= 4 is 33.0 Å². The Labute approximate surface area is 135 Å². The standard InChI is InChI=1S/C16H13BrN2OS/c1-20-15-6-5-11(8-13(15)17)16-19-14(9-21-16)10-3-2-4-12(18)7-10/h2-9H,18H2,1H3. The van der Waals surface area contributed by atoms with E-state index in [9.17, 15) is 0 Å². The van der Waals surface area contributed by atoms with E-state index >= 15 is 0 Å². The number of hydrogen-bond donors (Lipinski definition) is 1. The fraction of sp³-hybridized carbons (Fsp3) is 0.0625. The quantitative estimate of drug-likeness (QED) is 0.680. The number of hydrogen-bond acceptors (Lipinski definition) is 4. The highest BCUT2D eigenvalue weighted by Gasteiger charge is 2.09. The van der Waals surface area contributed by atoms with E-state index in [1.165, 1.54) is 0 Å². The molecule has 0 bridgehead atoms. The van der Waals surface area contributed by atoms with E-state index < -0.39 is 0 Å². The molecule has 2 aromatic carbocycles. The molecule has 21 heavy (non-hydrogen) atoms. The first-order valence-electron chi connectivity index (χ1n) is 6.33. The van der Waals surface area contributed by atoms with Crippen LogP contribution < -0.4 is 10.5 Å². The van der Waals surface area contributed by atoms with Crippen LogP contribution in [0.1, 0.15) is 0 Å². The van der Waals surface area contributed by atoms with Gasteiger partial charge in [0, 0.05) is 22.2 Å². The molecule has 0 saturated heterocycles. The molecule has 0 amide bonds. The van der Waals surface area contributed by atoms with Crippen molar-refractivity contribution in [2.24, 2.45) is 0 Å². The molecule has 1 heterocycles. The molecular formula is C16H13BrN2OS. The summed E-state index contributed by atoms with van der Waals surface area (Å²) in [5.41, 5.74) is 9.60. The number of nitrogen functional groups attached to an aromatic ring is 1. The van der Waals surface area contributed by atoms with Crippen molar-refractivity contribution in [2.75, 3.05) is 12.8 Å². The van der Waals surface area contributed by atoms with Gasteiger partial charge in [-0.3, -0.25) is 0 Å². The summed E-state index contributed by atoms with van der Waals surface area (Å²) in [6.07, 6.45) is 0. The zero-order chi connectivity index (χ0) is 14.8. The zero-order valence-corrected chi connectivity index (χ0v) is 13.7. The highest BCUT2D eigenvalue weighted by Crippen LogP contribution is 2.34.